The molecule has 0 saturated heterocycles. The number of benzene rings is 2. The summed E-state index contributed by atoms with van der Waals surface area (Å²) in [5.41, 5.74) is 1.22. The van der Waals surface area contributed by atoms with Crippen molar-refractivity contribution < 1.29 is 24.1 Å². The summed E-state index contributed by atoms with van der Waals surface area (Å²) in [6.07, 6.45) is 1.64. The summed E-state index contributed by atoms with van der Waals surface area (Å²) < 4.78 is 16.0. The second kappa shape index (κ2) is 4.28. The summed E-state index contributed by atoms with van der Waals surface area (Å²) in [5.74, 6) is 1.77. The fraction of sp³-hybridized carbons (Fsp3) is 0.0625. The zero-order valence-electron chi connectivity index (χ0n) is 10.8. The highest BCUT2D eigenvalue weighted by Crippen LogP contribution is 2.36. The lowest BCUT2D eigenvalue weighted by Gasteiger charge is -2.00. The van der Waals surface area contributed by atoms with E-state index < -0.39 is 0 Å². The molecule has 21 heavy (non-hydrogen) atoms. The minimum Gasteiger partial charge on any atom is -0.508 e. The van der Waals surface area contributed by atoms with Crippen molar-refractivity contribution in [3.8, 4) is 23.0 Å². The number of fused-ring (bicyclic) bond motifs is 2. The van der Waals surface area contributed by atoms with Gasteiger partial charge < -0.3 is 19.3 Å². The predicted octanol–water partition coefficient (Wildman–Crippen LogP) is 2.74. The molecule has 0 aromatic heterocycles. The highest BCUT2D eigenvalue weighted by Gasteiger charge is 2.27. The minimum absolute atomic E-state index is 0.0610. The Morgan fingerprint density at radius 3 is 2.76 bits per heavy atom. The molecule has 5 nitrogen and oxygen atoms in total. The third-order valence-corrected chi connectivity index (χ3v) is 3.35. The van der Waals surface area contributed by atoms with Crippen LogP contribution in [0.2, 0.25) is 0 Å². The van der Waals surface area contributed by atoms with E-state index in [9.17, 15) is 9.90 Å². The molecule has 104 valence electrons. The van der Waals surface area contributed by atoms with E-state index >= 15 is 0 Å². The maximum Gasteiger partial charge on any atom is 0.231 e. The molecule has 5 heteroatoms. The first-order valence-electron chi connectivity index (χ1n) is 6.37. The highest BCUT2D eigenvalue weighted by atomic mass is 16.7. The van der Waals surface area contributed by atoms with Crippen LogP contribution in [0.15, 0.2) is 42.2 Å². The number of rotatable bonds is 1. The number of hydrogen-bond acceptors (Lipinski definition) is 5. The van der Waals surface area contributed by atoms with Crippen molar-refractivity contribution in [1.82, 2.24) is 0 Å². The van der Waals surface area contributed by atoms with Crippen LogP contribution in [0, 0.1) is 0 Å². The van der Waals surface area contributed by atoms with Gasteiger partial charge in [-0.2, -0.15) is 0 Å². The molecule has 2 aromatic carbocycles. The average molecular weight is 282 g/mol. The largest absolute Gasteiger partial charge is 0.508 e. The van der Waals surface area contributed by atoms with Crippen molar-refractivity contribution in [1.29, 1.82) is 0 Å². The normalized spacial score (nSPS) is 17.0. The number of ketones is 1. The van der Waals surface area contributed by atoms with Crippen molar-refractivity contribution >= 4 is 11.9 Å². The number of phenolic OH excluding ortho intramolecular Hbond substituents is 1. The number of aromatic hydroxyl groups is 1. The summed E-state index contributed by atoms with van der Waals surface area (Å²) in [7, 11) is 0. The first kappa shape index (κ1) is 11.8. The van der Waals surface area contributed by atoms with Gasteiger partial charge in [0.15, 0.2) is 17.3 Å². The van der Waals surface area contributed by atoms with Gasteiger partial charge in [-0.05, 0) is 35.9 Å². The summed E-state index contributed by atoms with van der Waals surface area (Å²) in [6, 6.07) is 9.82. The quantitative estimate of drug-likeness (QED) is 0.815. The smallest absolute Gasteiger partial charge is 0.231 e. The van der Waals surface area contributed by atoms with Gasteiger partial charge in [0.1, 0.15) is 11.5 Å². The molecule has 4 rings (SSSR count). The van der Waals surface area contributed by atoms with Gasteiger partial charge in [-0.15, -0.1) is 0 Å². The molecule has 0 fully saturated rings. The number of hydrogen-bond donors (Lipinski definition) is 1. The third-order valence-electron chi connectivity index (χ3n) is 3.35. The number of ether oxygens (including phenoxy) is 3. The van der Waals surface area contributed by atoms with E-state index in [1.807, 2.05) is 6.07 Å². The Kier molecular flexibility index (Phi) is 2.41. The van der Waals surface area contributed by atoms with Crippen LogP contribution in [-0.4, -0.2) is 17.7 Å². The topological polar surface area (TPSA) is 65.0 Å². The Balaban J connectivity index is 1.70. The molecule has 0 amide bonds. The molecule has 0 unspecified atom stereocenters. The van der Waals surface area contributed by atoms with Gasteiger partial charge in [0.25, 0.3) is 0 Å². The maximum absolute atomic E-state index is 12.2. The first-order valence-corrected chi connectivity index (χ1v) is 6.37. The van der Waals surface area contributed by atoms with E-state index in [1.54, 1.807) is 24.3 Å². The lowest BCUT2D eigenvalue weighted by Crippen LogP contribution is -1.97. The minimum atomic E-state index is -0.206. The second-order valence-corrected chi connectivity index (χ2v) is 4.73. The molecule has 0 bridgehead atoms. The molecule has 0 spiro atoms. The van der Waals surface area contributed by atoms with Gasteiger partial charge in [-0.25, -0.2) is 0 Å². The van der Waals surface area contributed by atoms with E-state index in [1.165, 1.54) is 12.1 Å². The zero-order valence-corrected chi connectivity index (χ0v) is 10.8. The molecule has 0 radical (unpaired) electrons. The van der Waals surface area contributed by atoms with Crippen LogP contribution >= 0.6 is 0 Å². The van der Waals surface area contributed by atoms with Crippen molar-refractivity contribution in [2.45, 2.75) is 0 Å². The van der Waals surface area contributed by atoms with E-state index in [-0.39, 0.29) is 24.1 Å². The number of Topliss-reactive ketones (excluding diaryl/α,β-unsaturated/α-hetero) is 1. The van der Waals surface area contributed by atoms with Gasteiger partial charge in [0.2, 0.25) is 12.6 Å². The zero-order chi connectivity index (χ0) is 14.4. The van der Waals surface area contributed by atoms with Crippen LogP contribution < -0.4 is 14.2 Å². The molecule has 2 aromatic rings. The number of phenols is 1. The number of carbonyl (C=O) groups is 1. The Hall–Kier alpha value is -2.95. The van der Waals surface area contributed by atoms with Crippen LogP contribution in [0.1, 0.15) is 15.9 Å². The molecule has 2 aliphatic heterocycles. The van der Waals surface area contributed by atoms with E-state index in [2.05, 4.69) is 0 Å². The van der Waals surface area contributed by atoms with Crippen LogP contribution in [0.5, 0.6) is 23.0 Å². The standard InChI is InChI=1S/C16H10O5/c17-10-2-3-11-13(7-10)21-15(16(11)18)6-9-1-4-12-14(5-9)20-8-19-12/h1-7,17H,8H2/b15-6+. The van der Waals surface area contributed by atoms with Crippen molar-refractivity contribution in [2.24, 2.45) is 0 Å². The fourth-order valence-electron chi connectivity index (χ4n) is 2.33. The predicted molar refractivity (Wildman–Crippen MR) is 73.6 cm³/mol. The van der Waals surface area contributed by atoms with Gasteiger partial charge in [0.05, 0.1) is 5.56 Å². The Morgan fingerprint density at radius 2 is 1.86 bits per heavy atom. The van der Waals surface area contributed by atoms with Crippen LogP contribution in [0.3, 0.4) is 0 Å². The lowest BCUT2D eigenvalue weighted by atomic mass is 10.1. The van der Waals surface area contributed by atoms with Crippen LogP contribution in [-0.2, 0) is 0 Å². The van der Waals surface area contributed by atoms with E-state index in [0.717, 1.165) is 5.56 Å². The van der Waals surface area contributed by atoms with Gasteiger partial charge in [-0.3, -0.25) is 4.79 Å². The van der Waals surface area contributed by atoms with Gasteiger partial charge in [-0.1, -0.05) is 6.07 Å². The molecule has 0 aliphatic carbocycles. The summed E-state index contributed by atoms with van der Waals surface area (Å²) in [6.45, 7) is 0.204. The molecule has 0 saturated carbocycles. The highest BCUT2D eigenvalue weighted by molar-refractivity contribution is 6.14. The van der Waals surface area contributed by atoms with Crippen molar-refractivity contribution in [2.75, 3.05) is 6.79 Å². The second-order valence-electron chi connectivity index (χ2n) is 4.73. The monoisotopic (exact) mass is 282 g/mol. The summed E-state index contributed by atoms with van der Waals surface area (Å²) in [4.78, 5) is 12.2. The van der Waals surface area contributed by atoms with Crippen LogP contribution in [0.25, 0.3) is 6.08 Å². The maximum atomic E-state index is 12.2. The molecule has 1 N–H and O–H groups in total. The lowest BCUT2D eigenvalue weighted by molar-refractivity contribution is 0.101. The summed E-state index contributed by atoms with van der Waals surface area (Å²) in [5, 5.41) is 9.42. The Morgan fingerprint density at radius 1 is 1.00 bits per heavy atom. The molecular weight excluding hydrogens is 272 g/mol. The summed E-state index contributed by atoms with van der Waals surface area (Å²) >= 11 is 0. The molecule has 0 atom stereocenters. The van der Waals surface area contributed by atoms with E-state index in [0.29, 0.717) is 22.8 Å². The van der Waals surface area contributed by atoms with Crippen molar-refractivity contribution in [3.63, 3.8) is 0 Å². The number of carbonyl (C=O) groups excluding carboxylic acids is 1. The SMILES string of the molecule is O=C1/C(=C\c2ccc3c(c2)OCO3)Oc2cc(O)ccc21. The molecule has 2 heterocycles. The first-order chi connectivity index (χ1) is 10.2. The van der Waals surface area contributed by atoms with Crippen molar-refractivity contribution in [3.05, 3.63) is 53.3 Å². The van der Waals surface area contributed by atoms with Gasteiger partial charge >= 0.3 is 0 Å². The third kappa shape index (κ3) is 1.90. The van der Waals surface area contributed by atoms with Gasteiger partial charge in [0, 0.05) is 6.07 Å². The van der Waals surface area contributed by atoms with Crippen LogP contribution in [0.4, 0.5) is 0 Å². The molecular formula is C16H10O5. The number of allylic oxidation sites excluding steroid dienone is 1. The Bertz CT molecular complexity index is 791. The molecule has 2 aliphatic rings. The average Bonchev–Trinajstić information content (AvgIpc) is 3.04. The Labute approximate surface area is 120 Å². The fourth-order valence-corrected chi connectivity index (χ4v) is 2.33. The van der Waals surface area contributed by atoms with E-state index in [4.69, 9.17) is 14.2 Å².